The molecule has 1 aromatic heterocycles. The van der Waals surface area contributed by atoms with E-state index in [1.165, 1.54) is 13.8 Å². The van der Waals surface area contributed by atoms with Gasteiger partial charge < -0.3 is 5.11 Å². The number of rotatable bonds is 3. The topological polar surface area (TPSA) is 55.1 Å². The molecule has 1 N–H and O–H groups in total. The summed E-state index contributed by atoms with van der Waals surface area (Å²) in [5, 5.41) is 12.3. The minimum Gasteiger partial charge on any atom is -0.480 e. The fraction of sp³-hybridized carbons (Fsp3) is 0.500. The number of carboxylic acid groups (broad SMARTS) is 1. The first-order chi connectivity index (χ1) is 6.86. The molecular weight excluding hydrogens is 274 g/mol. The van der Waals surface area contributed by atoms with E-state index in [0.717, 1.165) is 4.68 Å². The number of alkyl halides is 2. The van der Waals surface area contributed by atoms with Crippen LogP contribution in [-0.4, -0.2) is 20.9 Å². The van der Waals surface area contributed by atoms with E-state index in [0.29, 0.717) is 5.69 Å². The lowest BCUT2D eigenvalue weighted by Gasteiger charge is -2.08. The van der Waals surface area contributed by atoms with Crippen molar-refractivity contribution in [2.75, 3.05) is 0 Å². The van der Waals surface area contributed by atoms with Crippen LogP contribution in [0.3, 0.4) is 0 Å². The van der Waals surface area contributed by atoms with Crippen LogP contribution in [0.2, 0.25) is 0 Å². The molecule has 1 heterocycles. The lowest BCUT2D eigenvalue weighted by atomic mass is 10.3. The molecule has 15 heavy (non-hydrogen) atoms. The van der Waals surface area contributed by atoms with Crippen molar-refractivity contribution < 1.29 is 18.7 Å². The van der Waals surface area contributed by atoms with E-state index in [4.69, 9.17) is 5.11 Å². The molecule has 0 saturated carbocycles. The van der Waals surface area contributed by atoms with Crippen LogP contribution in [0.4, 0.5) is 8.78 Å². The maximum Gasteiger partial charge on any atom is 0.328 e. The predicted molar refractivity (Wildman–Crippen MR) is 52.0 cm³/mol. The molecular formula is C8H9BrF2N2O2. The zero-order chi connectivity index (χ0) is 11.7. The molecule has 0 aromatic carbocycles. The lowest BCUT2D eigenvalue weighted by Crippen LogP contribution is -2.18. The van der Waals surface area contributed by atoms with Crippen LogP contribution < -0.4 is 0 Å². The van der Waals surface area contributed by atoms with Crippen molar-refractivity contribution in [2.24, 2.45) is 0 Å². The van der Waals surface area contributed by atoms with Gasteiger partial charge in [-0.3, -0.25) is 4.68 Å². The van der Waals surface area contributed by atoms with Crippen molar-refractivity contribution in [3.63, 3.8) is 0 Å². The van der Waals surface area contributed by atoms with E-state index < -0.39 is 24.1 Å². The number of aliphatic carboxylic acids is 1. The van der Waals surface area contributed by atoms with Gasteiger partial charge in [0.2, 0.25) is 0 Å². The third-order valence-electron chi connectivity index (χ3n) is 2.03. The maximum atomic E-state index is 12.4. The van der Waals surface area contributed by atoms with Gasteiger partial charge in [-0.1, -0.05) is 0 Å². The van der Waals surface area contributed by atoms with Gasteiger partial charge in [-0.05, 0) is 29.8 Å². The largest absolute Gasteiger partial charge is 0.480 e. The Morgan fingerprint density at radius 1 is 1.60 bits per heavy atom. The molecule has 0 saturated heterocycles. The molecule has 0 amide bonds. The monoisotopic (exact) mass is 282 g/mol. The molecule has 0 aliphatic rings. The van der Waals surface area contributed by atoms with Crippen molar-refractivity contribution in [1.82, 2.24) is 9.78 Å². The average Bonchev–Trinajstić information content (AvgIpc) is 2.43. The summed E-state index contributed by atoms with van der Waals surface area (Å²) < 4.78 is 26.1. The van der Waals surface area contributed by atoms with Crippen molar-refractivity contribution in [2.45, 2.75) is 26.3 Å². The average molecular weight is 283 g/mol. The summed E-state index contributed by atoms with van der Waals surface area (Å²) in [5.41, 5.74) is -0.0548. The van der Waals surface area contributed by atoms with Crippen LogP contribution in [0.15, 0.2) is 4.47 Å². The second-order valence-electron chi connectivity index (χ2n) is 3.04. The summed E-state index contributed by atoms with van der Waals surface area (Å²) >= 11 is 2.96. The van der Waals surface area contributed by atoms with Gasteiger partial charge in [0.1, 0.15) is 11.7 Å². The minimum atomic E-state index is -2.72. The van der Waals surface area contributed by atoms with Crippen LogP contribution in [0, 0.1) is 6.92 Å². The van der Waals surface area contributed by atoms with Crippen molar-refractivity contribution in [3.05, 3.63) is 15.9 Å². The first-order valence-corrected chi connectivity index (χ1v) is 4.91. The summed E-state index contributed by atoms with van der Waals surface area (Å²) in [5.74, 6) is -1.12. The fourth-order valence-electron chi connectivity index (χ4n) is 1.14. The number of aromatic nitrogens is 2. The normalized spacial score (nSPS) is 13.2. The van der Waals surface area contributed by atoms with Crippen LogP contribution in [0.5, 0.6) is 0 Å². The summed E-state index contributed by atoms with van der Waals surface area (Å²) in [6.07, 6.45) is -2.72. The molecule has 1 aromatic rings. The highest BCUT2D eigenvalue weighted by Gasteiger charge is 2.24. The third-order valence-corrected chi connectivity index (χ3v) is 3.01. The maximum absolute atomic E-state index is 12.4. The summed E-state index contributed by atoms with van der Waals surface area (Å²) in [6.45, 7) is 2.91. The van der Waals surface area contributed by atoms with Crippen molar-refractivity contribution >= 4 is 21.9 Å². The SMILES string of the molecule is Cc1c(Br)c(C(F)F)nn1[C@@H](C)C(=O)O. The molecule has 0 spiro atoms. The number of hydrogen-bond donors (Lipinski definition) is 1. The molecule has 0 radical (unpaired) electrons. The molecule has 0 aliphatic heterocycles. The van der Waals surface area contributed by atoms with Crippen molar-refractivity contribution in [1.29, 1.82) is 0 Å². The van der Waals surface area contributed by atoms with Gasteiger partial charge in [0.05, 0.1) is 10.2 Å². The second-order valence-corrected chi connectivity index (χ2v) is 3.84. The molecule has 0 aliphatic carbocycles. The van der Waals surface area contributed by atoms with E-state index in [1.54, 1.807) is 0 Å². The zero-order valence-corrected chi connectivity index (χ0v) is 9.62. The highest BCUT2D eigenvalue weighted by atomic mass is 79.9. The smallest absolute Gasteiger partial charge is 0.328 e. The van der Waals surface area contributed by atoms with E-state index in [9.17, 15) is 13.6 Å². The number of carboxylic acids is 1. The first-order valence-electron chi connectivity index (χ1n) is 4.11. The van der Waals surface area contributed by atoms with Gasteiger partial charge in [-0.25, -0.2) is 13.6 Å². The Hall–Kier alpha value is -0.980. The fourth-order valence-corrected chi connectivity index (χ4v) is 1.58. The molecule has 7 heteroatoms. The standard InChI is InChI=1S/C8H9BrF2N2O2/c1-3-5(9)6(7(10)11)12-13(3)4(2)8(14)15/h4,7H,1-2H3,(H,14,15)/t4-/m0/s1. The van der Waals surface area contributed by atoms with E-state index >= 15 is 0 Å². The molecule has 1 rings (SSSR count). The van der Waals surface area contributed by atoms with E-state index in [-0.39, 0.29) is 4.47 Å². The van der Waals surface area contributed by atoms with Crippen LogP contribution in [0.25, 0.3) is 0 Å². The van der Waals surface area contributed by atoms with E-state index in [2.05, 4.69) is 21.0 Å². The van der Waals surface area contributed by atoms with Crippen molar-refractivity contribution in [3.8, 4) is 0 Å². The number of carbonyl (C=O) groups is 1. The summed E-state index contributed by atoms with van der Waals surface area (Å²) in [7, 11) is 0. The number of nitrogens with zero attached hydrogens (tertiary/aromatic N) is 2. The number of hydrogen-bond acceptors (Lipinski definition) is 2. The van der Waals surface area contributed by atoms with Crippen LogP contribution in [-0.2, 0) is 4.79 Å². The molecule has 84 valence electrons. The Morgan fingerprint density at radius 3 is 2.47 bits per heavy atom. The van der Waals surface area contributed by atoms with Gasteiger partial charge in [0, 0.05) is 0 Å². The van der Waals surface area contributed by atoms with Crippen LogP contribution in [0.1, 0.15) is 30.8 Å². The highest BCUT2D eigenvalue weighted by Crippen LogP contribution is 2.30. The zero-order valence-electron chi connectivity index (χ0n) is 8.04. The lowest BCUT2D eigenvalue weighted by molar-refractivity contribution is -0.140. The molecule has 0 fully saturated rings. The van der Waals surface area contributed by atoms with E-state index in [1.807, 2.05) is 0 Å². The Balaban J connectivity index is 3.21. The molecule has 0 bridgehead atoms. The Bertz CT molecular complexity index is 392. The first kappa shape index (κ1) is 12.1. The molecule has 4 nitrogen and oxygen atoms in total. The van der Waals surface area contributed by atoms with Gasteiger partial charge in [-0.2, -0.15) is 5.10 Å². The molecule has 1 atom stereocenters. The predicted octanol–water partition coefficient (Wildman–Crippen LogP) is 2.54. The highest BCUT2D eigenvalue weighted by molar-refractivity contribution is 9.10. The number of halogens is 3. The van der Waals surface area contributed by atoms with Gasteiger partial charge in [0.25, 0.3) is 6.43 Å². The Morgan fingerprint density at radius 2 is 2.13 bits per heavy atom. The van der Waals surface area contributed by atoms with Gasteiger partial charge >= 0.3 is 5.97 Å². The van der Waals surface area contributed by atoms with Gasteiger partial charge in [-0.15, -0.1) is 0 Å². The Kier molecular flexibility index (Phi) is 3.43. The quantitative estimate of drug-likeness (QED) is 0.927. The second kappa shape index (κ2) is 4.26. The third kappa shape index (κ3) is 2.17. The van der Waals surface area contributed by atoms with Crippen LogP contribution >= 0.6 is 15.9 Å². The molecule has 0 unspecified atom stereocenters. The van der Waals surface area contributed by atoms with Gasteiger partial charge in [0.15, 0.2) is 0 Å². The summed E-state index contributed by atoms with van der Waals surface area (Å²) in [4.78, 5) is 10.7. The Labute approximate surface area is 93.0 Å². The summed E-state index contributed by atoms with van der Waals surface area (Å²) in [6, 6.07) is -0.964. The minimum absolute atomic E-state index is 0.158.